The highest BCUT2D eigenvalue weighted by molar-refractivity contribution is 5.76. The number of nitrogens with one attached hydrogen (secondary N) is 1. The number of rotatable bonds is 5. The van der Waals surface area contributed by atoms with Crippen molar-refractivity contribution in [1.29, 1.82) is 0 Å². The number of benzene rings is 1. The first-order valence-electron chi connectivity index (χ1n) is 5.55. The number of phenolic OH excluding ortho intramolecular Hbond substituents is 2. The second kappa shape index (κ2) is 6.23. The summed E-state index contributed by atoms with van der Waals surface area (Å²) in [7, 11) is 1.52. The van der Waals surface area contributed by atoms with Gasteiger partial charge in [-0.15, -0.1) is 0 Å². The molecule has 0 saturated carbocycles. The van der Waals surface area contributed by atoms with E-state index in [-0.39, 0.29) is 18.1 Å². The fourth-order valence-corrected chi connectivity index (χ4v) is 1.55. The second-order valence-electron chi connectivity index (χ2n) is 3.71. The first kappa shape index (κ1) is 14.3. The topological polar surface area (TPSA) is 99.0 Å². The molecule has 1 aromatic rings. The number of aromatic hydroxyl groups is 2. The monoisotopic (exact) mass is 255 g/mol. The first-order valence-corrected chi connectivity index (χ1v) is 5.55. The molecule has 1 unspecified atom stereocenters. The summed E-state index contributed by atoms with van der Waals surface area (Å²) in [5.74, 6) is -1.23. The maximum atomic E-state index is 11.6. The van der Waals surface area contributed by atoms with Crippen molar-refractivity contribution >= 4 is 5.97 Å². The molecule has 1 rings (SSSR count). The Morgan fingerprint density at radius 2 is 2.06 bits per heavy atom. The molecule has 2 atom stereocenters. The molecule has 6 nitrogen and oxygen atoms in total. The van der Waals surface area contributed by atoms with E-state index in [4.69, 9.17) is 4.74 Å². The Hall–Kier alpha value is -1.79. The van der Waals surface area contributed by atoms with Crippen LogP contribution in [0.3, 0.4) is 0 Å². The van der Waals surface area contributed by atoms with E-state index in [1.807, 2.05) is 0 Å². The van der Waals surface area contributed by atoms with E-state index in [9.17, 15) is 20.1 Å². The Morgan fingerprint density at radius 1 is 1.39 bits per heavy atom. The highest BCUT2D eigenvalue weighted by Gasteiger charge is 2.28. The largest absolute Gasteiger partial charge is 0.504 e. The van der Waals surface area contributed by atoms with E-state index in [1.165, 1.54) is 25.2 Å². The van der Waals surface area contributed by atoms with Crippen molar-refractivity contribution in [2.45, 2.75) is 19.1 Å². The van der Waals surface area contributed by atoms with Crippen LogP contribution in [0.25, 0.3) is 0 Å². The highest BCUT2D eigenvalue weighted by atomic mass is 16.5. The minimum atomic E-state index is -1.18. The molecule has 6 heteroatoms. The zero-order chi connectivity index (χ0) is 13.7. The van der Waals surface area contributed by atoms with Gasteiger partial charge in [-0.3, -0.25) is 4.79 Å². The standard InChI is InChI=1S/C12H17NO5/c1-3-18-12(17)10(13-2)11(16)7-4-5-8(14)9(15)6-7/h4-6,10-11,13-16H,3H2,1-2H3/t10-,11?/m0/s1. The van der Waals surface area contributed by atoms with Crippen molar-refractivity contribution in [3.63, 3.8) is 0 Å². The van der Waals surface area contributed by atoms with Gasteiger partial charge in [-0.05, 0) is 31.7 Å². The minimum Gasteiger partial charge on any atom is -0.504 e. The lowest BCUT2D eigenvalue weighted by molar-refractivity contribution is -0.148. The number of aliphatic hydroxyl groups is 1. The predicted octanol–water partition coefficient (Wildman–Crippen LogP) is 0.282. The molecule has 18 heavy (non-hydrogen) atoms. The van der Waals surface area contributed by atoms with Crippen LogP contribution in [0.15, 0.2) is 18.2 Å². The second-order valence-corrected chi connectivity index (χ2v) is 3.71. The summed E-state index contributed by atoms with van der Waals surface area (Å²) in [6.07, 6.45) is -1.18. The van der Waals surface area contributed by atoms with E-state index in [0.717, 1.165) is 0 Å². The number of carbonyl (C=O) groups excluding carboxylic acids is 1. The van der Waals surface area contributed by atoms with Gasteiger partial charge in [-0.1, -0.05) is 6.07 Å². The molecule has 0 radical (unpaired) electrons. The molecule has 0 aliphatic heterocycles. The van der Waals surface area contributed by atoms with Gasteiger partial charge in [-0.25, -0.2) is 0 Å². The Bertz CT molecular complexity index is 421. The van der Waals surface area contributed by atoms with Crippen LogP contribution < -0.4 is 5.32 Å². The molecule has 0 aliphatic carbocycles. The SMILES string of the molecule is CCOC(=O)[C@@H](NC)C(O)c1ccc(O)c(O)c1. The molecule has 0 saturated heterocycles. The van der Waals surface area contributed by atoms with Crippen molar-refractivity contribution in [2.24, 2.45) is 0 Å². The number of phenols is 2. The molecular formula is C12H17NO5. The van der Waals surface area contributed by atoms with Crippen molar-refractivity contribution in [1.82, 2.24) is 5.32 Å². The van der Waals surface area contributed by atoms with Crippen LogP contribution in [0.1, 0.15) is 18.6 Å². The smallest absolute Gasteiger partial charge is 0.326 e. The predicted molar refractivity (Wildman–Crippen MR) is 64.2 cm³/mol. The average Bonchev–Trinajstić information content (AvgIpc) is 2.33. The number of carbonyl (C=O) groups is 1. The molecule has 0 bridgehead atoms. The molecule has 0 amide bonds. The molecule has 0 aliphatic rings. The third-order valence-electron chi connectivity index (χ3n) is 2.51. The molecular weight excluding hydrogens is 238 g/mol. The summed E-state index contributed by atoms with van der Waals surface area (Å²) in [5.41, 5.74) is 0.303. The van der Waals surface area contributed by atoms with Gasteiger partial charge in [0.1, 0.15) is 12.1 Å². The van der Waals surface area contributed by atoms with Crippen LogP contribution in [0.2, 0.25) is 0 Å². The van der Waals surface area contributed by atoms with Gasteiger partial charge >= 0.3 is 5.97 Å². The molecule has 100 valence electrons. The maximum Gasteiger partial charge on any atom is 0.326 e. The zero-order valence-electron chi connectivity index (χ0n) is 10.3. The highest BCUT2D eigenvalue weighted by Crippen LogP contribution is 2.29. The lowest BCUT2D eigenvalue weighted by atomic mass is 10.0. The van der Waals surface area contributed by atoms with Crippen LogP contribution in [0.4, 0.5) is 0 Å². The van der Waals surface area contributed by atoms with Crippen LogP contribution in [0.5, 0.6) is 11.5 Å². The van der Waals surface area contributed by atoms with E-state index in [1.54, 1.807) is 6.92 Å². The van der Waals surface area contributed by atoms with Crippen LogP contribution in [0, 0.1) is 0 Å². The molecule has 1 aromatic carbocycles. The van der Waals surface area contributed by atoms with Crippen molar-refractivity contribution < 1.29 is 24.9 Å². The number of esters is 1. The Balaban J connectivity index is 2.92. The van der Waals surface area contributed by atoms with E-state index in [0.29, 0.717) is 5.56 Å². The van der Waals surface area contributed by atoms with Gasteiger partial charge < -0.3 is 25.4 Å². The van der Waals surface area contributed by atoms with Crippen molar-refractivity contribution in [3.05, 3.63) is 23.8 Å². The Kier molecular flexibility index (Phi) is 4.94. The molecule has 4 N–H and O–H groups in total. The number of likely N-dealkylation sites (N-methyl/N-ethyl adjacent to an activating group) is 1. The summed E-state index contributed by atoms with van der Waals surface area (Å²) < 4.78 is 4.82. The molecule has 0 fully saturated rings. The normalized spacial score (nSPS) is 13.9. The van der Waals surface area contributed by atoms with Crippen molar-refractivity contribution in [3.8, 4) is 11.5 Å². The molecule has 0 heterocycles. The lowest BCUT2D eigenvalue weighted by Gasteiger charge is -2.21. The number of hydrogen-bond acceptors (Lipinski definition) is 6. The van der Waals surface area contributed by atoms with E-state index >= 15 is 0 Å². The van der Waals surface area contributed by atoms with Gasteiger partial charge in [-0.2, -0.15) is 0 Å². The van der Waals surface area contributed by atoms with Crippen molar-refractivity contribution in [2.75, 3.05) is 13.7 Å². The number of ether oxygens (including phenoxy) is 1. The molecule has 0 spiro atoms. The third kappa shape index (κ3) is 3.12. The maximum absolute atomic E-state index is 11.6. The minimum absolute atomic E-state index is 0.213. The van der Waals surface area contributed by atoms with Gasteiger partial charge in [0.15, 0.2) is 11.5 Å². The van der Waals surface area contributed by atoms with Crippen LogP contribution in [-0.2, 0) is 9.53 Å². The summed E-state index contributed by atoms with van der Waals surface area (Å²) in [4.78, 5) is 11.6. The van der Waals surface area contributed by atoms with Gasteiger partial charge in [0.2, 0.25) is 0 Å². The van der Waals surface area contributed by atoms with E-state index < -0.39 is 18.1 Å². The summed E-state index contributed by atoms with van der Waals surface area (Å²) in [6, 6.07) is 2.92. The van der Waals surface area contributed by atoms with Crippen LogP contribution in [-0.4, -0.2) is 41.0 Å². The van der Waals surface area contributed by atoms with E-state index in [2.05, 4.69) is 5.32 Å². The van der Waals surface area contributed by atoms with Gasteiger partial charge in [0.05, 0.1) is 6.61 Å². The summed E-state index contributed by atoms with van der Waals surface area (Å²) >= 11 is 0. The number of hydrogen-bond donors (Lipinski definition) is 4. The Labute approximate surface area is 105 Å². The third-order valence-corrected chi connectivity index (χ3v) is 2.51. The fraction of sp³-hybridized carbons (Fsp3) is 0.417. The van der Waals surface area contributed by atoms with Gasteiger partial charge in [0, 0.05) is 0 Å². The summed E-state index contributed by atoms with van der Waals surface area (Å²) in [5, 5.41) is 31.2. The zero-order valence-corrected chi connectivity index (χ0v) is 10.3. The van der Waals surface area contributed by atoms with Gasteiger partial charge in [0.25, 0.3) is 0 Å². The molecule has 0 aromatic heterocycles. The Morgan fingerprint density at radius 3 is 2.56 bits per heavy atom. The number of aliphatic hydroxyl groups excluding tert-OH is 1. The quantitative estimate of drug-likeness (QED) is 0.445. The fourth-order valence-electron chi connectivity index (χ4n) is 1.55. The average molecular weight is 255 g/mol. The first-order chi connectivity index (χ1) is 8.51. The lowest BCUT2D eigenvalue weighted by Crippen LogP contribution is -2.40. The summed E-state index contributed by atoms with van der Waals surface area (Å²) in [6.45, 7) is 1.88. The van der Waals surface area contributed by atoms with Crippen LogP contribution >= 0.6 is 0 Å².